The van der Waals surface area contributed by atoms with E-state index in [1.54, 1.807) is 7.11 Å². The highest BCUT2D eigenvalue weighted by molar-refractivity contribution is 9.10. The zero-order valence-corrected chi connectivity index (χ0v) is 15.4. The molecule has 24 heavy (non-hydrogen) atoms. The highest BCUT2D eigenvalue weighted by Gasteiger charge is 2.09. The van der Waals surface area contributed by atoms with Gasteiger partial charge in [-0.15, -0.1) is 11.3 Å². The summed E-state index contributed by atoms with van der Waals surface area (Å²) in [7, 11) is 1.61. The Morgan fingerprint density at radius 2 is 1.88 bits per heavy atom. The van der Waals surface area contributed by atoms with Gasteiger partial charge in [-0.25, -0.2) is 4.98 Å². The summed E-state index contributed by atoms with van der Waals surface area (Å²) in [6, 6.07) is 15.2. The third kappa shape index (κ3) is 4.21. The Balaban J connectivity index is 1.63. The van der Waals surface area contributed by atoms with Gasteiger partial charge in [0.15, 0.2) is 0 Å². The van der Waals surface area contributed by atoms with Crippen molar-refractivity contribution < 1.29 is 9.53 Å². The number of carbonyl (C=O) groups is 1. The van der Waals surface area contributed by atoms with Crippen LogP contribution in [-0.4, -0.2) is 18.0 Å². The molecule has 1 aromatic heterocycles. The van der Waals surface area contributed by atoms with E-state index in [4.69, 9.17) is 4.74 Å². The van der Waals surface area contributed by atoms with Gasteiger partial charge in [0.25, 0.3) is 0 Å². The van der Waals surface area contributed by atoms with Crippen molar-refractivity contribution in [1.82, 2.24) is 4.98 Å². The van der Waals surface area contributed by atoms with Crippen molar-refractivity contribution in [2.75, 3.05) is 12.4 Å². The molecule has 1 heterocycles. The number of amides is 1. The Labute approximate surface area is 152 Å². The van der Waals surface area contributed by atoms with Gasteiger partial charge in [0.1, 0.15) is 10.8 Å². The highest BCUT2D eigenvalue weighted by atomic mass is 79.9. The largest absolute Gasteiger partial charge is 0.497 e. The van der Waals surface area contributed by atoms with Crippen molar-refractivity contribution in [3.05, 3.63) is 63.4 Å². The summed E-state index contributed by atoms with van der Waals surface area (Å²) < 4.78 is 6.13. The van der Waals surface area contributed by atoms with Crippen LogP contribution in [0, 0.1) is 0 Å². The number of ether oxygens (including phenoxy) is 1. The molecule has 0 atom stereocenters. The summed E-state index contributed by atoms with van der Waals surface area (Å²) in [5, 5.41) is 5.63. The molecule has 0 saturated carbocycles. The zero-order chi connectivity index (χ0) is 16.9. The van der Waals surface area contributed by atoms with Gasteiger partial charge in [0, 0.05) is 21.1 Å². The lowest BCUT2D eigenvalue weighted by atomic mass is 10.2. The van der Waals surface area contributed by atoms with E-state index in [0.29, 0.717) is 0 Å². The fourth-order valence-corrected chi connectivity index (χ4v) is 3.23. The van der Waals surface area contributed by atoms with E-state index in [0.717, 1.165) is 32.2 Å². The van der Waals surface area contributed by atoms with Crippen molar-refractivity contribution in [2.45, 2.75) is 6.42 Å². The minimum absolute atomic E-state index is 0.0862. The number of hydrogen-bond donors (Lipinski definition) is 1. The second-order valence-electron chi connectivity index (χ2n) is 5.09. The molecule has 4 nitrogen and oxygen atoms in total. The smallest absolute Gasteiger partial charge is 0.231 e. The van der Waals surface area contributed by atoms with Crippen LogP contribution in [0.5, 0.6) is 5.75 Å². The fraction of sp³-hybridized carbons (Fsp3) is 0.111. The molecule has 0 unspecified atom stereocenters. The zero-order valence-electron chi connectivity index (χ0n) is 13.0. The second kappa shape index (κ2) is 7.59. The number of thiazole rings is 1. The van der Waals surface area contributed by atoms with Crippen molar-refractivity contribution in [3.63, 3.8) is 0 Å². The maximum atomic E-state index is 12.1. The van der Waals surface area contributed by atoms with Crippen molar-refractivity contribution in [3.8, 4) is 17.0 Å². The van der Waals surface area contributed by atoms with Gasteiger partial charge in [-0.05, 0) is 36.4 Å². The molecule has 2 aromatic carbocycles. The van der Waals surface area contributed by atoms with Crippen LogP contribution in [0.4, 0.5) is 5.69 Å². The minimum Gasteiger partial charge on any atom is -0.497 e. The van der Waals surface area contributed by atoms with Gasteiger partial charge in [-0.3, -0.25) is 4.79 Å². The van der Waals surface area contributed by atoms with Crippen LogP contribution in [0.25, 0.3) is 11.3 Å². The molecular formula is C18H15BrN2O2S. The number of nitrogens with one attached hydrogen (secondary N) is 1. The van der Waals surface area contributed by atoms with Gasteiger partial charge >= 0.3 is 0 Å². The molecule has 0 bridgehead atoms. The SMILES string of the molecule is COc1ccc(NC(=O)Cc2nc(-c3ccc(Br)cc3)cs2)cc1. The molecule has 122 valence electrons. The van der Waals surface area contributed by atoms with E-state index in [2.05, 4.69) is 26.2 Å². The summed E-state index contributed by atoms with van der Waals surface area (Å²) in [5.41, 5.74) is 2.67. The summed E-state index contributed by atoms with van der Waals surface area (Å²) in [6.07, 6.45) is 0.257. The molecule has 3 aromatic rings. The number of carbonyl (C=O) groups excluding carboxylic acids is 1. The molecule has 3 rings (SSSR count). The lowest BCUT2D eigenvalue weighted by molar-refractivity contribution is -0.115. The van der Waals surface area contributed by atoms with Gasteiger partial charge in [-0.1, -0.05) is 28.1 Å². The van der Waals surface area contributed by atoms with Crippen LogP contribution in [0.15, 0.2) is 58.4 Å². The number of benzene rings is 2. The lowest BCUT2D eigenvalue weighted by Crippen LogP contribution is -2.14. The quantitative estimate of drug-likeness (QED) is 0.668. The second-order valence-corrected chi connectivity index (χ2v) is 6.95. The molecule has 0 spiro atoms. The van der Waals surface area contributed by atoms with Crippen LogP contribution >= 0.6 is 27.3 Å². The van der Waals surface area contributed by atoms with Crippen LogP contribution in [0.2, 0.25) is 0 Å². The van der Waals surface area contributed by atoms with E-state index in [-0.39, 0.29) is 12.3 Å². The number of methoxy groups -OCH3 is 1. The van der Waals surface area contributed by atoms with Crippen LogP contribution in [0.3, 0.4) is 0 Å². The first-order valence-electron chi connectivity index (χ1n) is 7.28. The summed E-state index contributed by atoms with van der Waals surface area (Å²) in [5.74, 6) is 0.670. The number of rotatable bonds is 5. The standard InChI is InChI=1S/C18H15BrN2O2S/c1-23-15-8-6-14(7-9-15)20-17(22)10-18-21-16(11-24-18)12-2-4-13(19)5-3-12/h2-9,11H,10H2,1H3,(H,20,22). The lowest BCUT2D eigenvalue weighted by Gasteiger charge is -2.05. The topological polar surface area (TPSA) is 51.2 Å². The maximum absolute atomic E-state index is 12.1. The van der Waals surface area contributed by atoms with E-state index in [9.17, 15) is 4.79 Å². The Bertz CT molecular complexity index is 829. The summed E-state index contributed by atoms with van der Waals surface area (Å²) in [6.45, 7) is 0. The van der Waals surface area contributed by atoms with Gasteiger partial charge in [0.05, 0.1) is 19.2 Å². The van der Waals surface area contributed by atoms with Crippen LogP contribution in [-0.2, 0) is 11.2 Å². The number of nitrogens with zero attached hydrogens (tertiary/aromatic N) is 1. The fourth-order valence-electron chi connectivity index (χ4n) is 2.16. The number of aromatic nitrogens is 1. The predicted octanol–water partition coefficient (Wildman–Crippen LogP) is 4.76. The van der Waals surface area contributed by atoms with Crippen LogP contribution < -0.4 is 10.1 Å². The Morgan fingerprint density at radius 3 is 2.54 bits per heavy atom. The van der Waals surface area contributed by atoms with Crippen LogP contribution in [0.1, 0.15) is 5.01 Å². The van der Waals surface area contributed by atoms with Gasteiger partial charge < -0.3 is 10.1 Å². The predicted molar refractivity (Wildman–Crippen MR) is 101 cm³/mol. The van der Waals surface area contributed by atoms with Gasteiger partial charge in [0.2, 0.25) is 5.91 Å². The molecule has 0 aliphatic heterocycles. The summed E-state index contributed by atoms with van der Waals surface area (Å²) in [4.78, 5) is 16.7. The molecular weight excluding hydrogens is 388 g/mol. The Morgan fingerprint density at radius 1 is 1.17 bits per heavy atom. The average molecular weight is 403 g/mol. The van der Waals surface area contributed by atoms with E-state index >= 15 is 0 Å². The average Bonchev–Trinajstić information content (AvgIpc) is 3.04. The first kappa shape index (κ1) is 16.7. The molecule has 0 saturated heterocycles. The molecule has 0 aliphatic rings. The number of hydrogen-bond acceptors (Lipinski definition) is 4. The number of anilines is 1. The van der Waals surface area contributed by atoms with Gasteiger partial charge in [-0.2, -0.15) is 0 Å². The van der Waals surface area contributed by atoms with Crippen molar-refractivity contribution >= 4 is 38.9 Å². The Hall–Kier alpha value is -2.18. The minimum atomic E-state index is -0.0862. The first-order chi connectivity index (χ1) is 11.6. The monoisotopic (exact) mass is 402 g/mol. The molecule has 0 radical (unpaired) electrons. The maximum Gasteiger partial charge on any atom is 0.231 e. The normalized spacial score (nSPS) is 10.4. The van der Waals surface area contributed by atoms with E-state index in [1.807, 2.05) is 53.9 Å². The van der Waals surface area contributed by atoms with Crippen molar-refractivity contribution in [2.24, 2.45) is 0 Å². The molecule has 0 aliphatic carbocycles. The van der Waals surface area contributed by atoms with E-state index in [1.165, 1.54) is 11.3 Å². The molecule has 1 amide bonds. The molecule has 6 heteroatoms. The molecule has 0 fully saturated rings. The molecule has 1 N–H and O–H groups in total. The highest BCUT2D eigenvalue weighted by Crippen LogP contribution is 2.24. The third-order valence-electron chi connectivity index (χ3n) is 3.38. The Kier molecular flexibility index (Phi) is 5.27. The van der Waals surface area contributed by atoms with Crippen molar-refractivity contribution in [1.29, 1.82) is 0 Å². The number of halogens is 1. The summed E-state index contributed by atoms with van der Waals surface area (Å²) >= 11 is 4.91. The third-order valence-corrected chi connectivity index (χ3v) is 4.75. The first-order valence-corrected chi connectivity index (χ1v) is 8.95. The van der Waals surface area contributed by atoms with E-state index < -0.39 is 0 Å².